The number of ether oxygens (including phenoxy) is 1. The molecular weight excluding hydrogens is 224 g/mol. The molecule has 0 unspecified atom stereocenters. The van der Waals surface area contributed by atoms with Crippen molar-refractivity contribution in [3.05, 3.63) is 0 Å². The number of carbonyl (C=O) groups excluding carboxylic acids is 1. The van der Waals surface area contributed by atoms with Crippen molar-refractivity contribution in [3.63, 3.8) is 0 Å². The van der Waals surface area contributed by atoms with Gasteiger partial charge >= 0.3 is 6.09 Å². The van der Waals surface area contributed by atoms with Gasteiger partial charge in [0.15, 0.2) is 5.96 Å². The lowest BCUT2D eigenvalue weighted by Gasteiger charge is -2.34. The third-order valence-corrected chi connectivity index (χ3v) is 2.34. The van der Waals surface area contributed by atoms with Crippen LogP contribution in [-0.2, 0) is 4.74 Å². The number of hydrogen-bond acceptors (Lipinski definition) is 3. The van der Waals surface area contributed by atoms with Gasteiger partial charge in [0.1, 0.15) is 0 Å². The molecule has 1 aliphatic rings. The quantitative estimate of drug-likeness (QED) is 0.401. The second-order valence-corrected chi connectivity index (χ2v) is 3.53. The third-order valence-electron chi connectivity index (χ3n) is 2.34. The normalized spacial score (nSPS) is 15.4. The number of aliphatic imine (C=N–C) groups is 1. The van der Waals surface area contributed by atoms with Crippen LogP contribution in [0.2, 0.25) is 0 Å². The molecule has 96 valence electrons. The van der Waals surface area contributed by atoms with Crippen molar-refractivity contribution in [2.75, 3.05) is 32.8 Å². The predicted octanol–water partition coefficient (Wildman–Crippen LogP) is -1.03. The first kappa shape index (κ1) is 13.1. The van der Waals surface area contributed by atoms with Gasteiger partial charge in [-0.05, 0) is 6.92 Å². The molecule has 1 amide bonds. The lowest BCUT2D eigenvalue weighted by Crippen LogP contribution is -2.50. The molecule has 0 aromatic rings. The highest BCUT2D eigenvalue weighted by atomic mass is 16.6. The maximum Gasteiger partial charge on any atom is 0.409 e. The fraction of sp³-hybridized carbons (Fsp3) is 0.667. The Morgan fingerprint density at radius 3 is 2.29 bits per heavy atom. The monoisotopic (exact) mass is 242 g/mol. The predicted molar refractivity (Wildman–Crippen MR) is 63.7 cm³/mol. The summed E-state index contributed by atoms with van der Waals surface area (Å²) >= 11 is 0. The highest BCUT2D eigenvalue weighted by Gasteiger charge is 2.23. The molecule has 0 aromatic carbocycles. The van der Waals surface area contributed by atoms with E-state index in [-0.39, 0.29) is 18.0 Å². The van der Waals surface area contributed by atoms with E-state index in [0.717, 1.165) is 0 Å². The number of nitrogens with zero attached hydrogens (tertiary/aromatic N) is 3. The molecule has 8 heteroatoms. The Balaban J connectivity index is 2.43. The summed E-state index contributed by atoms with van der Waals surface area (Å²) in [6.45, 7) is 4.18. The number of hydrogen-bond donors (Lipinski definition) is 3. The number of nitrogens with one attached hydrogen (secondary N) is 1. The van der Waals surface area contributed by atoms with Crippen molar-refractivity contribution in [2.24, 2.45) is 16.5 Å². The van der Waals surface area contributed by atoms with Gasteiger partial charge in [0, 0.05) is 26.2 Å². The molecule has 0 radical (unpaired) electrons. The summed E-state index contributed by atoms with van der Waals surface area (Å²) < 4.78 is 4.89. The summed E-state index contributed by atoms with van der Waals surface area (Å²) in [5, 5.41) is 7.61. The molecule has 1 heterocycles. The molecule has 0 aromatic heterocycles. The molecule has 17 heavy (non-hydrogen) atoms. The fourth-order valence-electron chi connectivity index (χ4n) is 1.51. The lowest BCUT2D eigenvalue weighted by atomic mass is 10.3. The summed E-state index contributed by atoms with van der Waals surface area (Å²) in [6, 6.07) is 0. The Kier molecular flexibility index (Phi) is 4.56. The van der Waals surface area contributed by atoms with Crippen LogP contribution in [0.25, 0.3) is 0 Å². The van der Waals surface area contributed by atoms with Crippen molar-refractivity contribution in [1.82, 2.24) is 9.80 Å². The number of piperazine rings is 1. The van der Waals surface area contributed by atoms with E-state index in [0.29, 0.717) is 32.8 Å². The molecule has 0 aliphatic carbocycles. The summed E-state index contributed by atoms with van der Waals surface area (Å²) in [6.07, 6.45) is -0.319. The third kappa shape index (κ3) is 3.82. The van der Waals surface area contributed by atoms with Crippen molar-refractivity contribution >= 4 is 18.0 Å². The molecule has 8 nitrogen and oxygen atoms in total. The molecule has 0 spiro atoms. The highest BCUT2D eigenvalue weighted by molar-refractivity contribution is 5.91. The van der Waals surface area contributed by atoms with Gasteiger partial charge in [-0.3, -0.25) is 5.41 Å². The van der Waals surface area contributed by atoms with Crippen LogP contribution in [0.4, 0.5) is 4.79 Å². The van der Waals surface area contributed by atoms with Crippen LogP contribution >= 0.6 is 0 Å². The van der Waals surface area contributed by atoms with Crippen LogP contribution in [-0.4, -0.2) is 60.6 Å². The first-order valence-electron chi connectivity index (χ1n) is 5.39. The van der Waals surface area contributed by atoms with Gasteiger partial charge in [0.25, 0.3) is 0 Å². The van der Waals surface area contributed by atoms with Gasteiger partial charge in [-0.1, -0.05) is 0 Å². The molecule has 1 saturated heterocycles. The minimum absolute atomic E-state index is 0.0218. The second-order valence-electron chi connectivity index (χ2n) is 3.53. The molecule has 1 fully saturated rings. The topological polar surface area (TPSA) is 121 Å². The number of guanidine groups is 2. The average Bonchev–Trinajstić information content (AvgIpc) is 2.28. The molecular formula is C9H18N6O2. The van der Waals surface area contributed by atoms with E-state index in [1.165, 1.54) is 0 Å². The molecule has 1 aliphatic heterocycles. The van der Waals surface area contributed by atoms with E-state index in [1.807, 2.05) is 0 Å². The Hall–Kier alpha value is -1.99. The zero-order valence-electron chi connectivity index (χ0n) is 9.85. The van der Waals surface area contributed by atoms with Crippen LogP contribution in [0.5, 0.6) is 0 Å². The van der Waals surface area contributed by atoms with Crippen molar-refractivity contribution in [3.8, 4) is 0 Å². The lowest BCUT2D eigenvalue weighted by molar-refractivity contribution is 0.0917. The maximum atomic E-state index is 11.4. The zero-order valence-corrected chi connectivity index (χ0v) is 9.85. The van der Waals surface area contributed by atoms with Crippen molar-refractivity contribution < 1.29 is 9.53 Å². The van der Waals surface area contributed by atoms with Crippen molar-refractivity contribution in [1.29, 1.82) is 5.41 Å². The van der Waals surface area contributed by atoms with Gasteiger partial charge in [-0.2, -0.15) is 4.99 Å². The Labute approximate surface area is 99.7 Å². The number of nitrogens with two attached hydrogens (primary N) is 2. The Bertz CT molecular complexity index is 317. The minimum Gasteiger partial charge on any atom is -0.450 e. The molecule has 5 N–H and O–H groups in total. The van der Waals surface area contributed by atoms with E-state index >= 15 is 0 Å². The fourth-order valence-corrected chi connectivity index (χ4v) is 1.51. The van der Waals surface area contributed by atoms with Gasteiger partial charge in [-0.15, -0.1) is 0 Å². The summed E-state index contributed by atoms with van der Waals surface area (Å²) in [7, 11) is 0. The van der Waals surface area contributed by atoms with Crippen molar-refractivity contribution in [2.45, 2.75) is 6.92 Å². The van der Waals surface area contributed by atoms with Gasteiger partial charge in [0.2, 0.25) is 5.96 Å². The zero-order chi connectivity index (χ0) is 12.8. The number of rotatable bonds is 1. The van der Waals surface area contributed by atoms with E-state index in [4.69, 9.17) is 21.6 Å². The molecule has 0 bridgehead atoms. The largest absolute Gasteiger partial charge is 0.450 e. The smallest absolute Gasteiger partial charge is 0.409 e. The Morgan fingerprint density at radius 1 is 1.29 bits per heavy atom. The first-order valence-corrected chi connectivity index (χ1v) is 5.39. The van der Waals surface area contributed by atoms with Gasteiger partial charge in [-0.25, -0.2) is 4.79 Å². The minimum atomic E-state index is -0.319. The van der Waals surface area contributed by atoms with Crippen LogP contribution in [0, 0.1) is 5.41 Å². The summed E-state index contributed by atoms with van der Waals surface area (Å²) in [4.78, 5) is 18.4. The highest BCUT2D eigenvalue weighted by Crippen LogP contribution is 2.04. The van der Waals surface area contributed by atoms with Crippen LogP contribution in [0.3, 0.4) is 0 Å². The van der Waals surface area contributed by atoms with E-state index in [9.17, 15) is 4.79 Å². The van der Waals surface area contributed by atoms with Crippen LogP contribution in [0.15, 0.2) is 4.99 Å². The van der Waals surface area contributed by atoms with Crippen LogP contribution < -0.4 is 11.5 Å². The SMILES string of the molecule is CCOC(=O)N1CCN(C(=N)N=C(N)N)CC1. The molecule has 1 rings (SSSR count). The van der Waals surface area contributed by atoms with E-state index < -0.39 is 0 Å². The average molecular weight is 242 g/mol. The van der Waals surface area contributed by atoms with E-state index in [1.54, 1.807) is 16.7 Å². The van der Waals surface area contributed by atoms with Crippen LogP contribution in [0.1, 0.15) is 6.92 Å². The number of carbonyl (C=O) groups is 1. The van der Waals surface area contributed by atoms with Gasteiger partial charge < -0.3 is 26.0 Å². The molecule has 0 saturated carbocycles. The van der Waals surface area contributed by atoms with E-state index in [2.05, 4.69) is 4.99 Å². The molecule has 0 atom stereocenters. The first-order chi connectivity index (χ1) is 8.04. The maximum absolute atomic E-state index is 11.4. The summed E-state index contributed by atoms with van der Waals surface area (Å²) in [5.41, 5.74) is 10.4. The Morgan fingerprint density at radius 2 is 1.82 bits per heavy atom. The standard InChI is InChI=1S/C9H18N6O2/c1-2-17-9(16)15-5-3-14(4-6-15)8(12)13-7(10)11/h2-6H2,1H3,(H5,10,11,12,13). The van der Waals surface area contributed by atoms with Gasteiger partial charge in [0.05, 0.1) is 6.61 Å². The second kappa shape index (κ2) is 5.92. The number of amides is 1. The summed E-state index contributed by atoms with van der Waals surface area (Å²) in [5.74, 6) is -0.115.